The number of likely N-dealkylation sites (tertiary alicyclic amines) is 1. The monoisotopic (exact) mass is 344 g/mol. The average Bonchev–Trinajstić information content (AvgIpc) is 3.22. The Balaban J connectivity index is 1.56. The number of hydrogen-bond acceptors (Lipinski definition) is 6. The summed E-state index contributed by atoms with van der Waals surface area (Å²) in [5, 5.41) is 6.75. The smallest absolute Gasteiger partial charge is 0.266 e. The molecule has 1 saturated heterocycles. The molecule has 9 nitrogen and oxygen atoms in total. The number of carbonyl (C=O) groups is 3. The lowest BCUT2D eigenvalue weighted by molar-refractivity contribution is -0.142. The molecule has 0 bridgehead atoms. The summed E-state index contributed by atoms with van der Waals surface area (Å²) in [4.78, 5) is 47.6. The molecule has 3 amide bonds. The van der Waals surface area contributed by atoms with E-state index in [1.807, 2.05) is 0 Å². The molecule has 25 heavy (non-hydrogen) atoms. The Kier molecular flexibility index (Phi) is 4.73. The van der Waals surface area contributed by atoms with Crippen molar-refractivity contribution in [3.8, 4) is 11.5 Å². The summed E-state index contributed by atoms with van der Waals surface area (Å²) in [6.07, 6.45) is 1.80. The molecule has 0 aliphatic carbocycles. The van der Waals surface area contributed by atoms with Crippen LogP contribution in [-0.4, -0.2) is 45.5 Å². The first-order chi connectivity index (χ1) is 12.0. The summed E-state index contributed by atoms with van der Waals surface area (Å²) >= 11 is 0. The Bertz CT molecular complexity index is 840. The van der Waals surface area contributed by atoms with Crippen molar-refractivity contribution < 1.29 is 18.8 Å². The van der Waals surface area contributed by atoms with Crippen molar-refractivity contribution in [1.82, 2.24) is 20.0 Å². The van der Waals surface area contributed by atoms with Gasteiger partial charge in [-0.1, -0.05) is 0 Å². The lowest BCUT2D eigenvalue weighted by Gasteiger charge is -2.13. The van der Waals surface area contributed by atoms with E-state index in [0.29, 0.717) is 11.5 Å². The lowest BCUT2D eigenvalue weighted by atomic mass is 10.3. The number of carbonyl (C=O) groups excluding carboxylic acids is 3. The molecule has 0 radical (unpaired) electrons. The molecule has 2 aromatic heterocycles. The van der Waals surface area contributed by atoms with E-state index >= 15 is 0 Å². The van der Waals surface area contributed by atoms with Crippen molar-refractivity contribution in [3.05, 3.63) is 40.9 Å². The van der Waals surface area contributed by atoms with Gasteiger partial charge in [-0.3, -0.25) is 24.1 Å². The van der Waals surface area contributed by atoms with Crippen molar-refractivity contribution in [2.75, 3.05) is 13.1 Å². The molecule has 0 aromatic carbocycles. The second kappa shape index (κ2) is 7.12. The third kappa shape index (κ3) is 3.82. The molecule has 1 aliphatic heterocycles. The van der Waals surface area contributed by atoms with E-state index in [-0.39, 0.29) is 49.8 Å². The zero-order valence-electron chi connectivity index (χ0n) is 13.3. The molecule has 0 unspecified atom stereocenters. The van der Waals surface area contributed by atoms with Gasteiger partial charge >= 0.3 is 0 Å². The van der Waals surface area contributed by atoms with Crippen molar-refractivity contribution in [2.45, 2.75) is 19.4 Å². The maximum Gasteiger partial charge on any atom is 0.266 e. The zero-order chi connectivity index (χ0) is 17.8. The summed E-state index contributed by atoms with van der Waals surface area (Å²) in [6, 6.07) is 6.37. The molecule has 2 aromatic rings. The SMILES string of the molecule is O=C(CN1C(=O)CCC1=O)NCCn1nc(-c2ccco2)ccc1=O. The molecule has 0 spiro atoms. The number of furan rings is 1. The van der Waals surface area contributed by atoms with E-state index in [9.17, 15) is 19.2 Å². The largest absolute Gasteiger partial charge is 0.463 e. The third-order valence-corrected chi connectivity index (χ3v) is 3.74. The quantitative estimate of drug-likeness (QED) is 0.724. The van der Waals surface area contributed by atoms with Crippen LogP contribution in [0.5, 0.6) is 0 Å². The normalized spacial score (nSPS) is 14.2. The van der Waals surface area contributed by atoms with Gasteiger partial charge in [-0.2, -0.15) is 5.10 Å². The van der Waals surface area contributed by atoms with E-state index in [2.05, 4.69) is 10.4 Å². The molecule has 1 fully saturated rings. The van der Waals surface area contributed by atoms with Crippen molar-refractivity contribution in [1.29, 1.82) is 0 Å². The van der Waals surface area contributed by atoms with Crippen LogP contribution in [0.2, 0.25) is 0 Å². The molecule has 130 valence electrons. The molecule has 3 heterocycles. The Morgan fingerprint density at radius 1 is 1.16 bits per heavy atom. The summed E-state index contributed by atoms with van der Waals surface area (Å²) in [5.41, 5.74) is 0.193. The molecular weight excluding hydrogens is 328 g/mol. The minimum Gasteiger partial charge on any atom is -0.463 e. The van der Waals surface area contributed by atoms with Crippen LogP contribution in [0.15, 0.2) is 39.7 Å². The van der Waals surface area contributed by atoms with E-state index < -0.39 is 5.91 Å². The second-order valence-corrected chi connectivity index (χ2v) is 5.48. The summed E-state index contributed by atoms with van der Waals surface area (Å²) < 4.78 is 6.45. The first kappa shape index (κ1) is 16.6. The molecule has 3 rings (SSSR count). The number of rotatable bonds is 6. The Hall–Kier alpha value is -3.23. The maximum absolute atomic E-state index is 11.8. The first-order valence-electron chi connectivity index (χ1n) is 7.76. The topological polar surface area (TPSA) is 115 Å². The van der Waals surface area contributed by atoms with Gasteiger partial charge in [0.05, 0.1) is 12.8 Å². The molecular formula is C16H16N4O5. The van der Waals surface area contributed by atoms with Crippen LogP contribution in [0.1, 0.15) is 12.8 Å². The van der Waals surface area contributed by atoms with Crippen molar-refractivity contribution >= 4 is 17.7 Å². The second-order valence-electron chi connectivity index (χ2n) is 5.48. The number of hydrogen-bond donors (Lipinski definition) is 1. The maximum atomic E-state index is 11.8. The highest BCUT2D eigenvalue weighted by atomic mass is 16.3. The molecule has 1 aliphatic rings. The zero-order valence-corrected chi connectivity index (χ0v) is 13.3. The standard InChI is InChI=1S/C16H16N4O5/c21-13(10-19-14(22)5-6-15(19)23)17-7-8-20-16(24)4-3-11(18-20)12-2-1-9-25-12/h1-4,9H,5-8,10H2,(H,17,21). The van der Waals surface area contributed by atoms with Gasteiger partial charge in [-0.05, 0) is 18.2 Å². The predicted molar refractivity (Wildman–Crippen MR) is 85.2 cm³/mol. The van der Waals surface area contributed by atoms with E-state index in [4.69, 9.17) is 4.42 Å². The van der Waals surface area contributed by atoms with E-state index in [1.165, 1.54) is 17.0 Å². The minimum atomic E-state index is -0.459. The van der Waals surface area contributed by atoms with Gasteiger partial charge in [0, 0.05) is 25.5 Å². The van der Waals surface area contributed by atoms with Gasteiger partial charge in [-0.25, -0.2) is 4.68 Å². The Morgan fingerprint density at radius 3 is 2.60 bits per heavy atom. The molecule has 1 N–H and O–H groups in total. The van der Waals surface area contributed by atoms with Gasteiger partial charge in [0.1, 0.15) is 12.2 Å². The number of imide groups is 1. The van der Waals surface area contributed by atoms with Gasteiger partial charge in [0.25, 0.3) is 5.56 Å². The highest BCUT2D eigenvalue weighted by Gasteiger charge is 2.30. The van der Waals surface area contributed by atoms with Crippen molar-refractivity contribution in [2.24, 2.45) is 0 Å². The van der Waals surface area contributed by atoms with Gasteiger partial charge in [0.15, 0.2) is 5.76 Å². The van der Waals surface area contributed by atoms with E-state index in [0.717, 1.165) is 4.90 Å². The fraction of sp³-hybridized carbons (Fsp3) is 0.312. The van der Waals surface area contributed by atoms with Crippen LogP contribution in [0.25, 0.3) is 11.5 Å². The van der Waals surface area contributed by atoms with Crippen LogP contribution < -0.4 is 10.9 Å². The highest BCUT2D eigenvalue weighted by Crippen LogP contribution is 2.15. The molecule has 0 saturated carbocycles. The van der Waals surface area contributed by atoms with Crippen LogP contribution >= 0.6 is 0 Å². The molecule has 0 atom stereocenters. The average molecular weight is 344 g/mol. The van der Waals surface area contributed by atoms with Crippen LogP contribution in [0.4, 0.5) is 0 Å². The van der Waals surface area contributed by atoms with Crippen LogP contribution in [0, 0.1) is 0 Å². The van der Waals surface area contributed by atoms with E-state index in [1.54, 1.807) is 18.2 Å². The van der Waals surface area contributed by atoms with Crippen LogP contribution in [-0.2, 0) is 20.9 Å². The van der Waals surface area contributed by atoms with Gasteiger partial charge < -0.3 is 9.73 Å². The summed E-state index contributed by atoms with van der Waals surface area (Å²) in [6.45, 7) is -0.00296. The first-order valence-corrected chi connectivity index (χ1v) is 7.76. The minimum absolute atomic E-state index is 0.142. The number of amides is 3. The van der Waals surface area contributed by atoms with Crippen LogP contribution in [0.3, 0.4) is 0 Å². The molecule has 9 heteroatoms. The third-order valence-electron chi connectivity index (χ3n) is 3.74. The highest BCUT2D eigenvalue weighted by molar-refractivity contribution is 6.04. The lowest BCUT2D eigenvalue weighted by Crippen LogP contribution is -2.41. The van der Waals surface area contributed by atoms with Gasteiger partial charge in [-0.15, -0.1) is 0 Å². The summed E-state index contributed by atoms with van der Waals surface area (Å²) in [7, 11) is 0. The summed E-state index contributed by atoms with van der Waals surface area (Å²) in [5.74, 6) is -0.615. The fourth-order valence-corrected chi connectivity index (χ4v) is 2.46. The predicted octanol–water partition coefficient (Wildman–Crippen LogP) is -0.231. The number of nitrogens with zero attached hydrogens (tertiary/aromatic N) is 3. The van der Waals surface area contributed by atoms with Gasteiger partial charge in [0.2, 0.25) is 17.7 Å². The fourth-order valence-electron chi connectivity index (χ4n) is 2.46. The Labute approximate surface area is 142 Å². The van der Waals surface area contributed by atoms with Crippen molar-refractivity contribution in [3.63, 3.8) is 0 Å². The Morgan fingerprint density at radius 2 is 1.92 bits per heavy atom. The number of aromatic nitrogens is 2. The number of nitrogens with one attached hydrogen (secondary N) is 1.